The lowest BCUT2D eigenvalue weighted by Crippen LogP contribution is -2.43. The lowest BCUT2D eigenvalue weighted by atomic mass is 9.93. The van der Waals surface area contributed by atoms with Crippen LogP contribution in [0.15, 0.2) is 54.6 Å². The van der Waals surface area contributed by atoms with Gasteiger partial charge in [-0.3, -0.25) is 10.1 Å². The summed E-state index contributed by atoms with van der Waals surface area (Å²) in [5.74, 6) is 1.04. The predicted octanol–water partition coefficient (Wildman–Crippen LogP) is 3.75. The number of carbonyl (C=O) groups is 2. The van der Waals surface area contributed by atoms with Gasteiger partial charge in [-0.05, 0) is 43.5 Å². The van der Waals surface area contributed by atoms with E-state index < -0.39 is 6.09 Å². The van der Waals surface area contributed by atoms with Crippen LogP contribution in [0.5, 0.6) is 11.5 Å². The van der Waals surface area contributed by atoms with E-state index >= 15 is 0 Å². The molecule has 1 aliphatic rings. The van der Waals surface area contributed by atoms with Crippen molar-refractivity contribution in [3.63, 3.8) is 0 Å². The van der Waals surface area contributed by atoms with E-state index in [1.807, 2.05) is 24.3 Å². The molecular weight excluding hydrogens is 372 g/mol. The first-order chi connectivity index (χ1) is 14.1. The van der Waals surface area contributed by atoms with E-state index in [0.29, 0.717) is 23.6 Å². The first-order valence-corrected chi connectivity index (χ1v) is 9.71. The molecule has 0 spiro atoms. The van der Waals surface area contributed by atoms with Crippen molar-refractivity contribution < 1.29 is 23.8 Å². The standard InChI is InChI=1S/C22H26N2O5/c1-27-18-10-6-11-19(14-18)28-15-21(25)23-17-9-5-12-20(13-17)29-22(26)24-16-7-3-2-4-8-16/h2-4,6-8,10-11,14,17,20H,5,9,12-13,15H2,1H3,(H,23,25)(H,24,26)/t17-,20-/m1/s1. The van der Waals surface area contributed by atoms with E-state index in [1.165, 1.54) is 0 Å². The van der Waals surface area contributed by atoms with Gasteiger partial charge in [-0.25, -0.2) is 4.79 Å². The van der Waals surface area contributed by atoms with Gasteiger partial charge in [0.25, 0.3) is 5.91 Å². The van der Waals surface area contributed by atoms with Crippen LogP contribution in [0.3, 0.4) is 0 Å². The average Bonchev–Trinajstić information content (AvgIpc) is 2.73. The van der Waals surface area contributed by atoms with E-state index in [-0.39, 0.29) is 24.7 Å². The van der Waals surface area contributed by atoms with Gasteiger partial charge in [0, 0.05) is 24.2 Å². The molecule has 2 aromatic rings. The largest absolute Gasteiger partial charge is 0.497 e. The van der Waals surface area contributed by atoms with Crippen molar-refractivity contribution in [2.24, 2.45) is 0 Å². The summed E-state index contributed by atoms with van der Waals surface area (Å²) in [6.45, 7) is -0.0797. The molecule has 2 atom stereocenters. The number of carbonyl (C=O) groups excluding carboxylic acids is 2. The second-order valence-electron chi connectivity index (χ2n) is 6.92. The number of hydrogen-bond acceptors (Lipinski definition) is 5. The van der Waals surface area contributed by atoms with Gasteiger partial charge >= 0.3 is 6.09 Å². The van der Waals surface area contributed by atoms with Crippen molar-refractivity contribution in [1.82, 2.24) is 5.32 Å². The van der Waals surface area contributed by atoms with Gasteiger partial charge < -0.3 is 19.5 Å². The summed E-state index contributed by atoms with van der Waals surface area (Å²) in [4.78, 5) is 24.3. The van der Waals surface area contributed by atoms with Crippen LogP contribution < -0.4 is 20.1 Å². The summed E-state index contributed by atoms with van der Waals surface area (Å²) in [7, 11) is 1.58. The molecule has 0 aliphatic heterocycles. The number of benzene rings is 2. The topological polar surface area (TPSA) is 85.9 Å². The van der Waals surface area contributed by atoms with Crippen molar-refractivity contribution >= 4 is 17.7 Å². The maximum Gasteiger partial charge on any atom is 0.411 e. The van der Waals surface area contributed by atoms with Crippen LogP contribution in [-0.4, -0.2) is 37.9 Å². The lowest BCUT2D eigenvalue weighted by Gasteiger charge is -2.29. The van der Waals surface area contributed by atoms with Crippen molar-refractivity contribution in [2.75, 3.05) is 19.0 Å². The summed E-state index contributed by atoms with van der Waals surface area (Å²) in [6.07, 6.45) is 2.41. The molecule has 0 bridgehead atoms. The van der Waals surface area contributed by atoms with Crippen molar-refractivity contribution in [2.45, 2.75) is 37.8 Å². The molecule has 1 fully saturated rings. The lowest BCUT2D eigenvalue weighted by molar-refractivity contribution is -0.124. The predicted molar refractivity (Wildman–Crippen MR) is 109 cm³/mol. The van der Waals surface area contributed by atoms with Crippen molar-refractivity contribution in [1.29, 1.82) is 0 Å². The van der Waals surface area contributed by atoms with Crippen LogP contribution in [0.1, 0.15) is 25.7 Å². The molecule has 154 valence electrons. The summed E-state index contributed by atoms with van der Waals surface area (Å²) >= 11 is 0. The number of ether oxygens (including phenoxy) is 3. The maximum absolute atomic E-state index is 12.2. The second kappa shape index (κ2) is 10.4. The van der Waals surface area contributed by atoms with Gasteiger partial charge in [-0.15, -0.1) is 0 Å². The number of amides is 2. The zero-order valence-electron chi connectivity index (χ0n) is 16.4. The molecule has 29 heavy (non-hydrogen) atoms. The summed E-state index contributed by atoms with van der Waals surface area (Å²) in [5, 5.41) is 5.68. The molecule has 7 heteroatoms. The molecule has 0 aromatic heterocycles. The van der Waals surface area contributed by atoms with E-state index in [4.69, 9.17) is 14.2 Å². The number of hydrogen-bond donors (Lipinski definition) is 2. The Hall–Kier alpha value is -3.22. The molecule has 1 aliphatic carbocycles. The van der Waals surface area contributed by atoms with Gasteiger partial charge in [0.1, 0.15) is 17.6 Å². The third-order valence-corrected chi connectivity index (χ3v) is 4.70. The normalized spacial score (nSPS) is 18.4. The van der Waals surface area contributed by atoms with E-state index in [2.05, 4.69) is 10.6 Å². The molecule has 2 N–H and O–H groups in total. The second-order valence-corrected chi connectivity index (χ2v) is 6.92. The Labute approximate surface area is 170 Å². The first kappa shape index (κ1) is 20.5. The fourth-order valence-electron chi connectivity index (χ4n) is 3.31. The molecule has 2 amide bonds. The van der Waals surface area contributed by atoms with Crippen LogP contribution in [-0.2, 0) is 9.53 Å². The zero-order valence-corrected chi connectivity index (χ0v) is 16.4. The van der Waals surface area contributed by atoms with Crippen LogP contribution >= 0.6 is 0 Å². The van der Waals surface area contributed by atoms with Gasteiger partial charge in [-0.1, -0.05) is 24.3 Å². The highest BCUT2D eigenvalue weighted by molar-refractivity contribution is 5.84. The minimum atomic E-state index is -0.477. The number of anilines is 1. The van der Waals surface area contributed by atoms with Crippen LogP contribution in [0.2, 0.25) is 0 Å². The fourth-order valence-corrected chi connectivity index (χ4v) is 3.31. The SMILES string of the molecule is COc1cccc(OCC(=O)N[C@@H]2CCC[C@@H](OC(=O)Nc3ccccc3)C2)c1. The van der Waals surface area contributed by atoms with E-state index in [1.54, 1.807) is 37.4 Å². The van der Waals surface area contributed by atoms with E-state index in [9.17, 15) is 9.59 Å². The van der Waals surface area contributed by atoms with Crippen molar-refractivity contribution in [3.8, 4) is 11.5 Å². The molecule has 0 unspecified atom stereocenters. The molecule has 1 saturated carbocycles. The summed E-state index contributed by atoms with van der Waals surface area (Å²) in [6, 6.07) is 16.2. The highest BCUT2D eigenvalue weighted by atomic mass is 16.6. The number of para-hydroxylation sites is 1. The zero-order chi connectivity index (χ0) is 20.5. The highest BCUT2D eigenvalue weighted by Crippen LogP contribution is 2.22. The quantitative estimate of drug-likeness (QED) is 0.742. The summed E-state index contributed by atoms with van der Waals surface area (Å²) < 4.78 is 16.2. The minimum Gasteiger partial charge on any atom is -0.497 e. The van der Waals surface area contributed by atoms with Gasteiger partial charge in [0.05, 0.1) is 7.11 Å². The third kappa shape index (κ3) is 6.71. The smallest absolute Gasteiger partial charge is 0.411 e. The van der Waals surface area contributed by atoms with Gasteiger partial charge in [-0.2, -0.15) is 0 Å². The first-order valence-electron chi connectivity index (χ1n) is 9.71. The molecule has 2 aromatic carbocycles. The highest BCUT2D eigenvalue weighted by Gasteiger charge is 2.26. The van der Waals surface area contributed by atoms with Crippen LogP contribution in [0.4, 0.5) is 10.5 Å². The molecule has 0 radical (unpaired) electrons. The molecular formula is C22H26N2O5. The molecule has 0 saturated heterocycles. The van der Waals surface area contributed by atoms with Gasteiger partial charge in [0.15, 0.2) is 6.61 Å². The van der Waals surface area contributed by atoms with Gasteiger partial charge in [0.2, 0.25) is 0 Å². The van der Waals surface area contributed by atoms with Crippen LogP contribution in [0.25, 0.3) is 0 Å². The third-order valence-electron chi connectivity index (χ3n) is 4.70. The Morgan fingerprint density at radius 3 is 2.62 bits per heavy atom. The Balaban J connectivity index is 1.41. The molecule has 0 heterocycles. The monoisotopic (exact) mass is 398 g/mol. The fraction of sp³-hybridized carbons (Fsp3) is 0.364. The number of nitrogens with one attached hydrogen (secondary N) is 2. The van der Waals surface area contributed by atoms with Crippen LogP contribution in [0, 0.1) is 0 Å². The number of rotatable bonds is 7. The Kier molecular flexibility index (Phi) is 7.33. The minimum absolute atomic E-state index is 0.0420. The van der Waals surface area contributed by atoms with E-state index in [0.717, 1.165) is 19.3 Å². The Morgan fingerprint density at radius 2 is 1.83 bits per heavy atom. The summed E-state index contributed by atoms with van der Waals surface area (Å²) in [5.41, 5.74) is 0.688. The molecule has 3 rings (SSSR count). The Morgan fingerprint density at radius 1 is 1.03 bits per heavy atom. The van der Waals surface area contributed by atoms with Crippen molar-refractivity contribution in [3.05, 3.63) is 54.6 Å². The Bertz CT molecular complexity index is 812. The number of methoxy groups -OCH3 is 1. The average molecular weight is 398 g/mol. The maximum atomic E-state index is 12.2. The molecule has 7 nitrogen and oxygen atoms in total.